The first-order valence-electron chi connectivity index (χ1n) is 6.04. The molecule has 5 nitrogen and oxygen atoms in total. The number of hydrogen-bond acceptors (Lipinski definition) is 4. The van der Waals surface area contributed by atoms with Gasteiger partial charge in [0.05, 0.1) is 18.0 Å². The van der Waals surface area contributed by atoms with Gasteiger partial charge in [-0.25, -0.2) is 22.8 Å². The van der Waals surface area contributed by atoms with Crippen molar-refractivity contribution in [3.05, 3.63) is 59.4 Å². The third-order valence-electron chi connectivity index (χ3n) is 3.19. The highest BCUT2D eigenvalue weighted by molar-refractivity contribution is 7.88. The number of fused-ring (bicyclic) bond motifs is 1. The normalized spacial score (nSPS) is 15.2. The van der Waals surface area contributed by atoms with Crippen LogP contribution in [0.3, 0.4) is 0 Å². The fourth-order valence-electron chi connectivity index (χ4n) is 2.20. The smallest absolute Gasteiger partial charge is 0.218 e. The topological polar surface area (TPSA) is 63.2 Å². The molecule has 0 fully saturated rings. The zero-order valence-corrected chi connectivity index (χ0v) is 11.3. The van der Waals surface area contributed by atoms with E-state index in [-0.39, 0.29) is 18.8 Å². The Morgan fingerprint density at radius 1 is 1.30 bits per heavy atom. The zero-order chi connectivity index (χ0) is 14.2. The molecule has 0 unspecified atom stereocenters. The maximum absolute atomic E-state index is 13.1. The van der Waals surface area contributed by atoms with Crippen LogP contribution in [-0.2, 0) is 28.9 Å². The minimum absolute atomic E-state index is 0.216. The van der Waals surface area contributed by atoms with Crippen molar-refractivity contribution in [3.8, 4) is 0 Å². The highest BCUT2D eigenvalue weighted by atomic mass is 32.2. The van der Waals surface area contributed by atoms with Gasteiger partial charge in [0, 0.05) is 18.3 Å². The van der Waals surface area contributed by atoms with E-state index in [9.17, 15) is 12.8 Å². The standard InChI is InChI=1S/C13H12FN3O2S/c14-12-3-1-2-10(4-12)8-20(18,19)17-6-11-5-15-9-16-13(11)7-17/h1-5,9H,6-8H2. The van der Waals surface area contributed by atoms with Crippen molar-refractivity contribution < 1.29 is 12.8 Å². The summed E-state index contributed by atoms with van der Waals surface area (Å²) in [5.41, 5.74) is 1.98. The molecule has 0 bridgehead atoms. The molecule has 104 valence electrons. The van der Waals surface area contributed by atoms with E-state index in [1.807, 2.05) is 0 Å². The lowest BCUT2D eigenvalue weighted by Crippen LogP contribution is -2.27. The van der Waals surface area contributed by atoms with Crippen molar-refractivity contribution in [1.29, 1.82) is 0 Å². The van der Waals surface area contributed by atoms with Gasteiger partial charge < -0.3 is 0 Å². The lowest BCUT2D eigenvalue weighted by Gasteiger charge is -2.15. The average molecular weight is 293 g/mol. The summed E-state index contributed by atoms with van der Waals surface area (Å²) in [5.74, 6) is -0.653. The van der Waals surface area contributed by atoms with Crippen LogP contribution in [0.4, 0.5) is 4.39 Å². The molecule has 0 saturated heterocycles. The van der Waals surface area contributed by atoms with Crippen LogP contribution in [0.25, 0.3) is 0 Å². The lowest BCUT2D eigenvalue weighted by molar-refractivity contribution is 0.429. The van der Waals surface area contributed by atoms with Gasteiger partial charge in [-0.15, -0.1) is 0 Å². The Morgan fingerprint density at radius 2 is 2.15 bits per heavy atom. The Labute approximate surface area is 116 Å². The zero-order valence-electron chi connectivity index (χ0n) is 10.5. The van der Waals surface area contributed by atoms with Crippen molar-refractivity contribution in [2.75, 3.05) is 0 Å². The quantitative estimate of drug-likeness (QED) is 0.859. The Kier molecular flexibility index (Phi) is 3.23. The number of sulfonamides is 1. The molecule has 3 rings (SSSR count). The largest absolute Gasteiger partial charge is 0.244 e. The molecule has 0 spiro atoms. The summed E-state index contributed by atoms with van der Waals surface area (Å²) in [6.45, 7) is 0.517. The van der Waals surface area contributed by atoms with Crippen molar-refractivity contribution >= 4 is 10.0 Å². The van der Waals surface area contributed by atoms with Gasteiger partial charge in [0.15, 0.2) is 0 Å². The molecule has 0 saturated carbocycles. The van der Waals surface area contributed by atoms with Gasteiger partial charge in [-0.2, -0.15) is 4.31 Å². The van der Waals surface area contributed by atoms with Crippen LogP contribution < -0.4 is 0 Å². The van der Waals surface area contributed by atoms with Crippen LogP contribution in [0.1, 0.15) is 16.8 Å². The SMILES string of the molecule is O=S(=O)(Cc1cccc(F)c1)N1Cc2cncnc2C1. The second-order valence-electron chi connectivity index (χ2n) is 4.65. The van der Waals surface area contributed by atoms with Gasteiger partial charge in [0.2, 0.25) is 10.0 Å². The van der Waals surface area contributed by atoms with Crippen molar-refractivity contribution in [2.45, 2.75) is 18.8 Å². The summed E-state index contributed by atoms with van der Waals surface area (Å²) in [7, 11) is -3.50. The van der Waals surface area contributed by atoms with E-state index >= 15 is 0 Å². The Bertz CT molecular complexity index is 724. The number of rotatable bonds is 3. The molecule has 0 amide bonds. The fraction of sp³-hybridized carbons (Fsp3) is 0.231. The molecule has 0 radical (unpaired) electrons. The van der Waals surface area contributed by atoms with Crippen LogP contribution in [0, 0.1) is 5.82 Å². The summed E-state index contributed by atoms with van der Waals surface area (Å²) in [6.07, 6.45) is 3.03. The molecule has 7 heteroatoms. The first-order valence-corrected chi connectivity index (χ1v) is 7.65. The average Bonchev–Trinajstić information content (AvgIpc) is 2.82. The molecule has 1 aliphatic heterocycles. The summed E-state index contributed by atoms with van der Waals surface area (Å²) < 4.78 is 39.1. The van der Waals surface area contributed by atoms with Crippen LogP contribution in [0.5, 0.6) is 0 Å². The number of halogens is 1. The second kappa shape index (κ2) is 4.92. The monoisotopic (exact) mass is 293 g/mol. The number of benzene rings is 1. The van der Waals surface area contributed by atoms with E-state index in [0.29, 0.717) is 5.56 Å². The van der Waals surface area contributed by atoms with Gasteiger partial charge >= 0.3 is 0 Å². The highest BCUT2D eigenvalue weighted by Crippen LogP contribution is 2.24. The summed E-state index contributed by atoms with van der Waals surface area (Å²) >= 11 is 0. The van der Waals surface area contributed by atoms with Crippen LogP contribution >= 0.6 is 0 Å². The van der Waals surface area contributed by atoms with Crippen LogP contribution in [0.15, 0.2) is 36.8 Å². The Morgan fingerprint density at radius 3 is 2.90 bits per heavy atom. The van der Waals surface area contributed by atoms with E-state index in [4.69, 9.17) is 0 Å². The molecule has 1 aromatic heterocycles. The van der Waals surface area contributed by atoms with E-state index in [0.717, 1.165) is 11.3 Å². The minimum Gasteiger partial charge on any atom is -0.244 e. The van der Waals surface area contributed by atoms with E-state index in [1.54, 1.807) is 12.3 Å². The third kappa shape index (κ3) is 2.54. The molecule has 1 aromatic carbocycles. The second-order valence-corrected chi connectivity index (χ2v) is 6.62. The van der Waals surface area contributed by atoms with Crippen molar-refractivity contribution in [1.82, 2.24) is 14.3 Å². The molecular formula is C13H12FN3O2S. The van der Waals surface area contributed by atoms with E-state index < -0.39 is 15.8 Å². The van der Waals surface area contributed by atoms with Gasteiger partial charge in [-0.3, -0.25) is 0 Å². The van der Waals surface area contributed by atoms with Gasteiger partial charge in [-0.1, -0.05) is 12.1 Å². The van der Waals surface area contributed by atoms with Crippen LogP contribution in [-0.4, -0.2) is 22.7 Å². The highest BCUT2D eigenvalue weighted by Gasteiger charge is 2.30. The van der Waals surface area contributed by atoms with E-state index in [1.165, 1.54) is 28.8 Å². The van der Waals surface area contributed by atoms with Gasteiger partial charge in [-0.05, 0) is 17.7 Å². The lowest BCUT2D eigenvalue weighted by atomic mass is 10.2. The molecule has 0 aliphatic carbocycles. The van der Waals surface area contributed by atoms with Crippen LogP contribution in [0.2, 0.25) is 0 Å². The van der Waals surface area contributed by atoms with Gasteiger partial charge in [0.25, 0.3) is 0 Å². The predicted octanol–water partition coefficient (Wildman–Crippen LogP) is 1.46. The molecule has 20 heavy (non-hydrogen) atoms. The maximum atomic E-state index is 13.1. The van der Waals surface area contributed by atoms with Crippen molar-refractivity contribution in [2.24, 2.45) is 0 Å². The molecule has 0 atom stereocenters. The third-order valence-corrected chi connectivity index (χ3v) is 4.93. The summed E-state index contributed by atoms with van der Waals surface area (Å²) in [5, 5.41) is 0. The number of hydrogen-bond donors (Lipinski definition) is 0. The Hall–Kier alpha value is -1.86. The van der Waals surface area contributed by atoms with Gasteiger partial charge in [0.1, 0.15) is 12.1 Å². The summed E-state index contributed by atoms with van der Waals surface area (Å²) in [4.78, 5) is 7.95. The fourth-order valence-corrected chi connectivity index (χ4v) is 3.63. The Balaban J connectivity index is 1.81. The maximum Gasteiger partial charge on any atom is 0.218 e. The number of aromatic nitrogens is 2. The molecule has 1 aliphatic rings. The molecule has 0 N–H and O–H groups in total. The first kappa shape index (κ1) is 13.1. The molecule has 2 aromatic rings. The molecular weight excluding hydrogens is 281 g/mol. The van der Waals surface area contributed by atoms with E-state index in [2.05, 4.69) is 9.97 Å². The molecule has 2 heterocycles. The number of nitrogens with zero attached hydrogens (tertiary/aromatic N) is 3. The minimum atomic E-state index is -3.50. The summed E-state index contributed by atoms with van der Waals surface area (Å²) in [6, 6.07) is 5.63. The predicted molar refractivity (Wildman–Crippen MR) is 70.3 cm³/mol. The first-order chi connectivity index (χ1) is 9.54. The van der Waals surface area contributed by atoms with Crippen molar-refractivity contribution in [3.63, 3.8) is 0 Å².